The Hall–Kier alpha value is -4.53. The van der Waals surface area contributed by atoms with Crippen molar-refractivity contribution in [2.45, 2.75) is 20.0 Å². The Morgan fingerprint density at radius 2 is 1.62 bits per heavy atom. The molecule has 2 aromatic heterocycles. The highest BCUT2D eigenvalue weighted by atomic mass is 16.5. The Bertz CT molecular complexity index is 1410. The molecule has 4 rings (SSSR count). The highest BCUT2D eigenvalue weighted by Gasteiger charge is 2.20. The quantitative estimate of drug-likeness (QED) is 0.455. The predicted molar refractivity (Wildman–Crippen MR) is 126 cm³/mol. The molecule has 0 bridgehead atoms. The normalized spacial score (nSPS) is 10.6. The topological polar surface area (TPSA) is 108 Å². The van der Waals surface area contributed by atoms with E-state index in [4.69, 9.17) is 4.74 Å². The van der Waals surface area contributed by atoms with E-state index >= 15 is 0 Å². The number of methoxy groups -OCH3 is 1. The van der Waals surface area contributed by atoms with Gasteiger partial charge in [-0.2, -0.15) is 9.78 Å². The molecule has 0 aliphatic heterocycles. The maximum absolute atomic E-state index is 13.3. The zero-order valence-electron chi connectivity index (χ0n) is 18.8. The van der Waals surface area contributed by atoms with Gasteiger partial charge in [0.25, 0.3) is 11.5 Å². The lowest BCUT2D eigenvalue weighted by molar-refractivity contribution is 0.0941. The summed E-state index contributed by atoms with van der Waals surface area (Å²) in [6.07, 6.45) is 3.22. The zero-order valence-corrected chi connectivity index (χ0v) is 18.8. The fraction of sp³-hybridized carbons (Fsp3) is 0.160. The van der Waals surface area contributed by atoms with E-state index < -0.39 is 17.2 Å². The number of rotatable bonds is 7. The van der Waals surface area contributed by atoms with Crippen LogP contribution in [0.4, 0.5) is 0 Å². The molecule has 9 heteroatoms. The molecule has 0 saturated carbocycles. The Morgan fingerprint density at radius 3 is 2.26 bits per heavy atom. The van der Waals surface area contributed by atoms with Gasteiger partial charge in [0.1, 0.15) is 5.75 Å². The third kappa shape index (κ3) is 4.93. The van der Waals surface area contributed by atoms with Gasteiger partial charge in [0, 0.05) is 18.9 Å². The number of nitrogens with one attached hydrogen (secondary N) is 1. The second-order valence-electron chi connectivity index (χ2n) is 7.66. The van der Waals surface area contributed by atoms with Gasteiger partial charge in [-0.3, -0.25) is 19.1 Å². The van der Waals surface area contributed by atoms with Crippen LogP contribution in [0.1, 0.15) is 27.2 Å². The van der Waals surface area contributed by atoms with Crippen molar-refractivity contribution in [3.63, 3.8) is 0 Å². The first-order chi connectivity index (χ1) is 16.5. The van der Waals surface area contributed by atoms with Gasteiger partial charge in [0.2, 0.25) is 5.69 Å². The van der Waals surface area contributed by atoms with Gasteiger partial charge in [-0.05, 0) is 54.4 Å². The smallest absolute Gasteiger partial charge is 0.352 e. The van der Waals surface area contributed by atoms with E-state index in [1.165, 1.54) is 7.11 Å². The molecule has 0 fully saturated rings. The second kappa shape index (κ2) is 9.95. The summed E-state index contributed by atoms with van der Waals surface area (Å²) in [6, 6.07) is 17.6. The summed E-state index contributed by atoms with van der Waals surface area (Å²) in [6.45, 7) is 2.13. The number of ether oxygens (including phenoxy) is 1. The number of hydrogen-bond donors (Lipinski definition) is 1. The van der Waals surface area contributed by atoms with Crippen LogP contribution in [0.25, 0.3) is 5.69 Å². The lowest BCUT2D eigenvalue weighted by Crippen LogP contribution is -2.46. The molecular formula is C25H23N5O4. The number of aromatic nitrogens is 4. The number of aryl methyl sites for hydroxylation is 1. The summed E-state index contributed by atoms with van der Waals surface area (Å²) in [5.74, 6) is -0.0816. The fourth-order valence-electron chi connectivity index (χ4n) is 3.33. The molecule has 0 unspecified atom stereocenters. The van der Waals surface area contributed by atoms with Crippen LogP contribution >= 0.6 is 0 Å². The van der Waals surface area contributed by atoms with Crippen molar-refractivity contribution in [2.75, 3.05) is 7.11 Å². The lowest BCUT2D eigenvalue weighted by Gasteiger charge is -2.13. The van der Waals surface area contributed by atoms with E-state index in [1.807, 2.05) is 31.2 Å². The van der Waals surface area contributed by atoms with Crippen LogP contribution in [-0.4, -0.2) is 32.3 Å². The minimum absolute atomic E-state index is 0.00125. The fourth-order valence-corrected chi connectivity index (χ4v) is 3.33. The lowest BCUT2D eigenvalue weighted by atomic mass is 10.1. The maximum Gasteiger partial charge on any atom is 0.352 e. The first kappa shape index (κ1) is 22.7. The number of hydrogen-bond acceptors (Lipinski definition) is 6. The first-order valence-electron chi connectivity index (χ1n) is 10.6. The predicted octanol–water partition coefficient (Wildman–Crippen LogP) is 2.08. The molecule has 0 aliphatic carbocycles. The van der Waals surface area contributed by atoms with Crippen LogP contribution in [0.3, 0.4) is 0 Å². The molecule has 34 heavy (non-hydrogen) atoms. The summed E-state index contributed by atoms with van der Waals surface area (Å²) in [4.78, 5) is 43.3. The zero-order chi connectivity index (χ0) is 24.1. The second-order valence-corrected chi connectivity index (χ2v) is 7.66. The van der Waals surface area contributed by atoms with Crippen molar-refractivity contribution < 1.29 is 9.53 Å². The molecule has 4 aromatic rings. The van der Waals surface area contributed by atoms with Crippen molar-refractivity contribution in [1.29, 1.82) is 0 Å². The molecule has 9 nitrogen and oxygen atoms in total. The van der Waals surface area contributed by atoms with Crippen molar-refractivity contribution in [2.24, 2.45) is 0 Å². The average molecular weight is 457 g/mol. The van der Waals surface area contributed by atoms with E-state index in [0.717, 1.165) is 25.9 Å². The van der Waals surface area contributed by atoms with E-state index in [0.29, 0.717) is 11.4 Å². The van der Waals surface area contributed by atoms with Crippen molar-refractivity contribution in [1.82, 2.24) is 24.6 Å². The molecule has 1 N–H and O–H groups in total. The van der Waals surface area contributed by atoms with Crippen molar-refractivity contribution in [3.8, 4) is 11.4 Å². The molecule has 2 heterocycles. The maximum atomic E-state index is 13.3. The Balaban J connectivity index is 1.77. The minimum atomic E-state index is -0.762. The van der Waals surface area contributed by atoms with E-state index in [-0.39, 0.29) is 18.8 Å². The average Bonchev–Trinajstić information content (AvgIpc) is 2.87. The highest BCUT2D eigenvalue weighted by Crippen LogP contribution is 2.13. The molecule has 0 saturated heterocycles. The van der Waals surface area contributed by atoms with Crippen molar-refractivity contribution in [3.05, 3.63) is 116 Å². The number of benzene rings is 2. The Morgan fingerprint density at radius 1 is 0.941 bits per heavy atom. The number of pyridine rings is 1. The summed E-state index contributed by atoms with van der Waals surface area (Å²) >= 11 is 0. The summed E-state index contributed by atoms with van der Waals surface area (Å²) in [7, 11) is 1.53. The number of nitrogens with zero attached hydrogens (tertiary/aromatic N) is 4. The number of amides is 1. The highest BCUT2D eigenvalue weighted by molar-refractivity contribution is 5.91. The SMILES string of the molecule is COc1ccc(-n2nc(C(=O)NCc3ccncc3)c(=O)n(Cc3ccc(C)cc3)c2=O)cc1. The van der Waals surface area contributed by atoms with Gasteiger partial charge in [-0.15, -0.1) is 0 Å². The van der Waals surface area contributed by atoms with Crippen LogP contribution in [0.15, 0.2) is 82.6 Å². The Labute approximate surface area is 195 Å². The first-order valence-corrected chi connectivity index (χ1v) is 10.6. The molecule has 0 radical (unpaired) electrons. The standard InChI is InChI=1S/C25H23N5O4/c1-17-3-5-19(6-4-17)16-29-24(32)22(23(31)27-15-18-11-13-26-14-12-18)28-30(25(29)33)20-7-9-21(34-2)10-8-20/h3-14H,15-16H2,1-2H3,(H,27,31). The minimum Gasteiger partial charge on any atom is -0.497 e. The van der Waals surface area contributed by atoms with Crippen LogP contribution < -0.4 is 21.3 Å². The molecule has 172 valence electrons. The summed E-state index contributed by atoms with van der Waals surface area (Å²) in [5.41, 5.74) is 1.22. The van der Waals surface area contributed by atoms with Gasteiger partial charge in [-0.25, -0.2) is 4.79 Å². The van der Waals surface area contributed by atoms with Gasteiger partial charge in [0.15, 0.2) is 0 Å². The molecule has 1 amide bonds. The summed E-state index contributed by atoms with van der Waals surface area (Å²) < 4.78 is 7.24. The monoisotopic (exact) mass is 457 g/mol. The largest absolute Gasteiger partial charge is 0.497 e. The third-order valence-corrected chi connectivity index (χ3v) is 5.26. The van der Waals surface area contributed by atoms with E-state index in [9.17, 15) is 14.4 Å². The van der Waals surface area contributed by atoms with Gasteiger partial charge in [0.05, 0.1) is 19.3 Å². The molecule has 0 spiro atoms. The molecular weight excluding hydrogens is 434 g/mol. The third-order valence-electron chi connectivity index (χ3n) is 5.26. The van der Waals surface area contributed by atoms with Crippen molar-refractivity contribution >= 4 is 5.91 Å². The van der Waals surface area contributed by atoms with Crippen LogP contribution in [-0.2, 0) is 13.1 Å². The summed E-state index contributed by atoms with van der Waals surface area (Å²) in [5, 5.41) is 6.82. The van der Waals surface area contributed by atoms with Crippen LogP contribution in [0.5, 0.6) is 5.75 Å². The van der Waals surface area contributed by atoms with Gasteiger partial charge >= 0.3 is 5.69 Å². The molecule has 0 atom stereocenters. The molecule has 2 aromatic carbocycles. The molecule has 0 aliphatic rings. The Kier molecular flexibility index (Phi) is 6.63. The van der Waals surface area contributed by atoms with Crippen LogP contribution in [0, 0.1) is 6.92 Å². The van der Waals surface area contributed by atoms with Gasteiger partial charge < -0.3 is 10.1 Å². The van der Waals surface area contributed by atoms with E-state index in [1.54, 1.807) is 48.8 Å². The van der Waals surface area contributed by atoms with E-state index in [2.05, 4.69) is 15.4 Å². The number of carbonyl (C=O) groups is 1. The number of carbonyl (C=O) groups excluding carboxylic acids is 1. The van der Waals surface area contributed by atoms with Crippen LogP contribution in [0.2, 0.25) is 0 Å². The van der Waals surface area contributed by atoms with Gasteiger partial charge in [-0.1, -0.05) is 29.8 Å².